The molecule has 3 nitrogen and oxygen atoms in total. The molecule has 3 aliphatic rings. The third kappa shape index (κ3) is 0.963. The molecule has 3 heteroatoms. The van der Waals surface area contributed by atoms with E-state index in [9.17, 15) is 9.59 Å². The Morgan fingerprint density at radius 2 is 2.13 bits per heavy atom. The van der Waals surface area contributed by atoms with Crippen molar-refractivity contribution in [2.24, 2.45) is 10.8 Å². The summed E-state index contributed by atoms with van der Waals surface area (Å²) in [7, 11) is 0. The highest BCUT2D eigenvalue weighted by atomic mass is 16.5. The average Bonchev–Trinajstić information content (AvgIpc) is 2.41. The van der Waals surface area contributed by atoms with Crippen molar-refractivity contribution in [1.82, 2.24) is 0 Å². The molecule has 0 bridgehead atoms. The number of Topliss-reactive ketones (excluding diaryl/α,β-unsaturated/α-hetero) is 1. The summed E-state index contributed by atoms with van der Waals surface area (Å²) in [4.78, 5) is 22.8. The maximum Gasteiger partial charge on any atom is 0.302 e. The Balaban J connectivity index is 1.84. The van der Waals surface area contributed by atoms with E-state index in [-0.39, 0.29) is 22.9 Å². The molecule has 15 heavy (non-hydrogen) atoms. The third-order valence-corrected chi connectivity index (χ3v) is 4.94. The Morgan fingerprint density at radius 1 is 1.33 bits per heavy atom. The number of hydrogen-bond acceptors (Lipinski definition) is 3. The van der Waals surface area contributed by atoms with Crippen molar-refractivity contribution >= 4 is 11.8 Å². The molecule has 0 heterocycles. The zero-order chi connectivity index (χ0) is 10.7. The van der Waals surface area contributed by atoms with E-state index in [2.05, 4.69) is 0 Å². The van der Waals surface area contributed by atoms with Crippen LogP contribution in [0.25, 0.3) is 0 Å². The molecule has 0 aromatic heterocycles. The molecule has 3 fully saturated rings. The molecule has 3 rings (SSSR count). The van der Waals surface area contributed by atoms with Crippen molar-refractivity contribution in [3.63, 3.8) is 0 Å². The van der Waals surface area contributed by atoms with Gasteiger partial charge in [0.15, 0.2) is 0 Å². The molecule has 0 aromatic rings. The normalized spacial score (nSPS) is 47.0. The van der Waals surface area contributed by atoms with Crippen molar-refractivity contribution in [3.8, 4) is 0 Å². The van der Waals surface area contributed by atoms with Gasteiger partial charge in [0.2, 0.25) is 0 Å². The molecule has 0 radical (unpaired) electrons. The maximum atomic E-state index is 11.9. The van der Waals surface area contributed by atoms with E-state index in [1.54, 1.807) is 0 Å². The Labute approximate surface area is 89.2 Å². The van der Waals surface area contributed by atoms with Gasteiger partial charge in [0.25, 0.3) is 0 Å². The molecule has 82 valence electrons. The highest BCUT2D eigenvalue weighted by Gasteiger charge is 2.70. The second-order valence-corrected chi connectivity index (χ2v) is 5.43. The summed E-state index contributed by atoms with van der Waals surface area (Å²) in [5.74, 6) is 0.225. The highest BCUT2D eigenvalue weighted by Crippen LogP contribution is 2.73. The fourth-order valence-electron chi connectivity index (χ4n) is 4.22. The maximum absolute atomic E-state index is 11.9. The minimum atomic E-state index is -0.209. The molecular formula is C12H16O3. The molecule has 0 aliphatic heterocycles. The van der Waals surface area contributed by atoms with Crippen LogP contribution in [0.15, 0.2) is 0 Å². The molecular weight excluding hydrogens is 192 g/mol. The van der Waals surface area contributed by atoms with Crippen LogP contribution in [-0.4, -0.2) is 17.9 Å². The lowest BCUT2D eigenvalue weighted by Crippen LogP contribution is -2.46. The van der Waals surface area contributed by atoms with E-state index >= 15 is 0 Å². The molecule has 0 aromatic carbocycles. The second kappa shape index (κ2) is 2.63. The predicted molar refractivity (Wildman–Crippen MR) is 53.1 cm³/mol. The number of ketones is 1. The van der Waals surface area contributed by atoms with E-state index in [1.165, 1.54) is 6.92 Å². The van der Waals surface area contributed by atoms with Crippen LogP contribution in [0.1, 0.15) is 45.4 Å². The van der Waals surface area contributed by atoms with Gasteiger partial charge in [-0.15, -0.1) is 0 Å². The van der Waals surface area contributed by atoms with Gasteiger partial charge in [-0.25, -0.2) is 0 Å². The van der Waals surface area contributed by atoms with Gasteiger partial charge in [0, 0.05) is 18.8 Å². The molecule has 0 N–H and O–H groups in total. The Hall–Kier alpha value is -0.860. The zero-order valence-corrected chi connectivity index (χ0v) is 9.04. The van der Waals surface area contributed by atoms with Gasteiger partial charge in [-0.3, -0.25) is 9.59 Å². The van der Waals surface area contributed by atoms with E-state index in [4.69, 9.17) is 4.74 Å². The SMILES string of the molecule is CC(=O)O[C@@H]1C[C@]23CCC(=O)[C@]2(CC3)C1. The summed E-state index contributed by atoms with van der Waals surface area (Å²) in [5, 5.41) is 0. The standard InChI is InChI=1S/C12H16O3/c1-8(13)15-9-6-11-3-2-10(14)12(11,7-9)5-4-11/h9H,2-7H2,1H3/t9-,11-,12+/m1/s1. The van der Waals surface area contributed by atoms with E-state index in [1.807, 2.05) is 0 Å². The van der Waals surface area contributed by atoms with Crippen LogP contribution in [0, 0.1) is 10.8 Å². The van der Waals surface area contributed by atoms with Gasteiger partial charge in [-0.2, -0.15) is 0 Å². The first-order valence-electron chi connectivity index (χ1n) is 5.79. The lowest BCUT2D eigenvalue weighted by atomic mass is 9.53. The van der Waals surface area contributed by atoms with Gasteiger partial charge >= 0.3 is 5.97 Å². The van der Waals surface area contributed by atoms with Crippen LogP contribution in [0.5, 0.6) is 0 Å². The molecule has 3 atom stereocenters. The number of carbonyl (C=O) groups is 2. The van der Waals surface area contributed by atoms with Crippen LogP contribution in [0.3, 0.4) is 0 Å². The largest absolute Gasteiger partial charge is 0.463 e. The van der Waals surface area contributed by atoms with Crippen molar-refractivity contribution in [3.05, 3.63) is 0 Å². The molecule has 3 aliphatic carbocycles. The van der Waals surface area contributed by atoms with Gasteiger partial charge in [-0.05, 0) is 37.5 Å². The average molecular weight is 208 g/mol. The number of ether oxygens (including phenoxy) is 1. The van der Waals surface area contributed by atoms with Gasteiger partial charge in [-0.1, -0.05) is 0 Å². The summed E-state index contributed by atoms with van der Waals surface area (Å²) < 4.78 is 5.28. The first-order chi connectivity index (χ1) is 7.08. The summed E-state index contributed by atoms with van der Waals surface area (Å²) in [5.41, 5.74) is 0.150. The highest BCUT2D eigenvalue weighted by molar-refractivity contribution is 5.90. The van der Waals surface area contributed by atoms with Gasteiger partial charge < -0.3 is 4.74 Å². The van der Waals surface area contributed by atoms with E-state index in [0.717, 1.165) is 38.5 Å². The second-order valence-electron chi connectivity index (χ2n) is 5.43. The number of hydrogen-bond donors (Lipinski definition) is 0. The van der Waals surface area contributed by atoms with Crippen molar-refractivity contribution < 1.29 is 14.3 Å². The van der Waals surface area contributed by atoms with Crippen LogP contribution < -0.4 is 0 Å². The number of esters is 1. The third-order valence-electron chi connectivity index (χ3n) is 4.94. The summed E-state index contributed by atoms with van der Waals surface area (Å²) in [6.45, 7) is 1.45. The zero-order valence-electron chi connectivity index (χ0n) is 9.04. The summed E-state index contributed by atoms with van der Waals surface area (Å²) in [6, 6.07) is 0. The molecule has 0 unspecified atom stereocenters. The molecule has 0 saturated heterocycles. The number of carbonyl (C=O) groups excluding carboxylic acids is 2. The van der Waals surface area contributed by atoms with E-state index < -0.39 is 0 Å². The first kappa shape index (κ1) is 9.37. The number of rotatable bonds is 1. The Kier molecular flexibility index (Phi) is 1.64. The van der Waals surface area contributed by atoms with Gasteiger partial charge in [0.05, 0.1) is 0 Å². The smallest absolute Gasteiger partial charge is 0.302 e. The lowest BCUT2D eigenvalue weighted by molar-refractivity contribution is -0.147. The molecule has 0 amide bonds. The van der Waals surface area contributed by atoms with Crippen LogP contribution >= 0.6 is 0 Å². The van der Waals surface area contributed by atoms with E-state index in [0.29, 0.717) is 5.78 Å². The van der Waals surface area contributed by atoms with Gasteiger partial charge in [0.1, 0.15) is 11.9 Å². The first-order valence-corrected chi connectivity index (χ1v) is 5.79. The van der Waals surface area contributed by atoms with Crippen molar-refractivity contribution in [2.45, 2.75) is 51.6 Å². The quantitative estimate of drug-likeness (QED) is 0.617. The minimum absolute atomic E-state index is 0.00856. The van der Waals surface area contributed by atoms with Crippen LogP contribution in [0.2, 0.25) is 0 Å². The van der Waals surface area contributed by atoms with Crippen molar-refractivity contribution in [1.29, 1.82) is 0 Å². The molecule has 0 spiro atoms. The minimum Gasteiger partial charge on any atom is -0.463 e. The summed E-state index contributed by atoms with van der Waals surface area (Å²) >= 11 is 0. The topological polar surface area (TPSA) is 43.4 Å². The predicted octanol–water partition coefficient (Wildman–Crippen LogP) is 1.84. The van der Waals surface area contributed by atoms with Crippen LogP contribution in [0.4, 0.5) is 0 Å². The summed E-state index contributed by atoms with van der Waals surface area (Å²) in [6.07, 6.45) is 5.72. The monoisotopic (exact) mass is 208 g/mol. The van der Waals surface area contributed by atoms with Crippen LogP contribution in [-0.2, 0) is 14.3 Å². The fraction of sp³-hybridized carbons (Fsp3) is 0.833. The lowest BCUT2D eigenvalue weighted by Gasteiger charge is -2.49. The Bertz CT molecular complexity index is 349. The Morgan fingerprint density at radius 3 is 2.67 bits per heavy atom. The molecule has 3 saturated carbocycles. The fourth-order valence-corrected chi connectivity index (χ4v) is 4.22. The van der Waals surface area contributed by atoms with Crippen molar-refractivity contribution in [2.75, 3.05) is 0 Å².